The van der Waals surface area contributed by atoms with Crippen LogP contribution >= 0.6 is 46.1 Å². The summed E-state index contributed by atoms with van der Waals surface area (Å²) >= 11 is 18.7. The van der Waals surface area contributed by atoms with Gasteiger partial charge in [-0.25, -0.2) is 14.6 Å². The molecular formula is C19H13Cl3N2O6S. The largest absolute Gasteiger partial charge is 0.464 e. The summed E-state index contributed by atoms with van der Waals surface area (Å²) in [4.78, 5) is 40.7. The van der Waals surface area contributed by atoms with Gasteiger partial charge in [-0.05, 0) is 19.1 Å². The zero-order valence-electron chi connectivity index (χ0n) is 15.7. The van der Waals surface area contributed by atoms with Crippen LogP contribution in [0.1, 0.15) is 27.8 Å². The van der Waals surface area contributed by atoms with Crippen molar-refractivity contribution >= 4 is 69.0 Å². The minimum Gasteiger partial charge on any atom is -0.464 e. The molecule has 31 heavy (non-hydrogen) atoms. The number of nitrogens with one attached hydrogen (secondary N) is 1. The molecule has 0 atom stereocenters. The predicted octanol–water partition coefficient (Wildman–Crippen LogP) is 5.34. The molecule has 12 heteroatoms. The number of amides is 1. The standard InChI is InChI=1S/C19H13Cl3N2O6S/c1-2-28-18(26)13-9(11-4-3-5-29-11)8-31-17(13)24-12(25)7-30-19(27)16-15(22)14(21)10(20)6-23-16/h3-6,8H,2,7H2,1H3,(H,24,25). The lowest BCUT2D eigenvalue weighted by molar-refractivity contribution is -0.119. The van der Waals surface area contributed by atoms with Crippen LogP contribution in [0.2, 0.25) is 15.1 Å². The highest BCUT2D eigenvalue weighted by Gasteiger charge is 2.25. The molecule has 0 aromatic carbocycles. The Hall–Kier alpha value is -2.59. The maximum atomic E-state index is 12.4. The maximum Gasteiger partial charge on any atom is 0.359 e. The quantitative estimate of drug-likeness (QED) is 0.434. The molecule has 0 radical (unpaired) electrons. The molecule has 0 aliphatic rings. The van der Waals surface area contributed by atoms with Gasteiger partial charge in [0.2, 0.25) is 0 Å². The van der Waals surface area contributed by atoms with E-state index in [0.717, 1.165) is 17.5 Å². The van der Waals surface area contributed by atoms with E-state index >= 15 is 0 Å². The van der Waals surface area contributed by atoms with Gasteiger partial charge >= 0.3 is 11.9 Å². The fraction of sp³-hybridized carbons (Fsp3) is 0.158. The van der Waals surface area contributed by atoms with Crippen LogP contribution in [0.25, 0.3) is 11.3 Å². The van der Waals surface area contributed by atoms with Crippen molar-refractivity contribution in [2.45, 2.75) is 6.92 Å². The lowest BCUT2D eigenvalue weighted by Crippen LogP contribution is -2.22. The van der Waals surface area contributed by atoms with Gasteiger partial charge in [-0.15, -0.1) is 11.3 Å². The van der Waals surface area contributed by atoms with Crippen molar-refractivity contribution in [3.63, 3.8) is 0 Å². The first-order valence-corrected chi connectivity index (χ1v) is 10.6. The first-order valence-electron chi connectivity index (χ1n) is 8.62. The van der Waals surface area contributed by atoms with E-state index in [1.807, 2.05) is 0 Å². The maximum absolute atomic E-state index is 12.4. The molecule has 3 rings (SSSR count). The van der Waals surface area contributed by atoms with Gasteiger partial charge in [0.05, 0.1) is 27.9 Å². The molecule has 1 amide bonds. The average Bonchev–Trinajstić information content (AvgIpc) is 3.40. The second kappa shape index (κ2) is 10.1. The molecule has 0 bridgehead atoms. The number of rotatable bonds is 7. The van der Waals surface area contributed by atoms with Crippen molar-refractivity contribution in [3.8, 4) is 11.3 Å². The molecule has 3 aromatic rings. The highest BCUT2D eigenvalue weighted by atomic mass is 35.5. The third-order valence-electron chi connectivity index (χ3n) is 3.76. The Bertz CT molecular complexity index is 1130. The van der Waals surface area contributed by atoms with E-state index in [2.05, 4.69) is 10.3 Å². The van der Waals surface area contributed by atoms with E-state index in [4.69, 9.17) is 48.7 Å². The number of pyridine rings is 1. The van der Waals surface area contributed by atoms with Crippen molar-refractivity contribution in [1.29, 1.82) is 0 Å². The monoisotopic (exact) mass is 502 g/mol. The Balaban J connectivity index is 1.73. The van der Waals surface area contributed by atoms with Crippen LogP contribution in [0.15, 0.2) is 34.4 Å². The molecule has 0 fully saturated rings. The smallest absolute Gasteiger partial charge is 0.359 e. The molecule has 0 saturated carbocycles. The number of hydrogen-bond donors (Lipinski definition) is 1. The third kappa shape index (κ3) is 5.19. The number of carbonyl (C=O) groups excluding carboxylic acids is 3. The predicted molar refractivity (Wildman–Crippen MR) is 116 cm³/mol. The summed E-state index contributed by atoms with van der Waals surface area (Å²) in [5, 5.41) is 4.22. The second-order valence-corrected chi connectivity index (χ2v) is 7.80. The van der Waals surface area contributed by atoms with Gasteiger partial charge in [0, 0.05) is 17.1 Å². The van der Waals surface area contributed by atoms with Crippen LogP contribution in [0, 0.1) is 0 Å². The van der Waals surface area contributed by atoms with Crippen LogP contribution in [-0.4, -0.2) is 36.0 Å². The lowest BCUT2D eigenvalue weighted by atomic mass is 10.1. The van der Waals surface area contributed by atoms with Crippen LogP contribution in [0.5, 0.6) is 0 Å². The highest BCUT2D eigenvalue weighted by Crippen LogP contribution is 2.36. The minimum absolute atomic E-state index is 0.0575. The van der Waals surface area contributed by atoms with Crippen LogP contribution < -0.4 is 5.32 Å². The molecule has 3 heterocycles. The fourth-order valence-corrected chi connectivity index (χ4v) is 3.93. The normalized spacial score (nSPS) is 10.6. The Kier molecular flexibility index (Phi) is 7.55. The fourth-order valence-electron chi connectivity index (χ4n) is 2.42. The van der Waals surface area contributed by atoms with Gasteiger partial charge in [0.1, 0.15) is 16.3 Å². The molecule has 162 valence electrons. The van der Waals surface area contributed by atoms with Crippen molar-refractivity contribution < 1.29 is 28.3 Å². The van der Waals surface area contributed by atoms with Crippen molar-refractivity contribution in [1.82, 2.24) is 4.98 Å². The highest BCUT2D eigenvalue weighted by molar-refractivity contribution is 7.15. The number of anilines is 1. The molecule has 0 aliphatic carbocycles. The van der Waals surface area contributed by atoms with Crippen LogP contribution in [0.3, 0.4) is 0 Å². The summed E-state index contributed by atoms with van der Waals surface area (Å²) in [6, 6.07) is 3.34. The number of aromatic nitrogens is 1. The minimum atomic E-state index is -0.966. The number of esters is 2. The first kappa shape index (κ1) is 23.1. The summed E-state index contributed by atoms with van der Waals surface area (Å²) in [6.07, 6.45) is 2.60. The molecular weight excluding hydrogens is 491 g/mol. The summed E-state index contributed by atoms with van der Waals surface area (Å²) in [5.74, 6) is -1.85. The number of carbonyl (C=O) groups is 3. The summed E-state index contributed by atoms with van der Waals surface area (Å²) in [7, 11) is 0. The number of ether oxygens (including phenoxy) is 2. The molecule has 8 nitrogen and oxygen atoms in total. The van der Waals surface area contributed by atoms with Crippen LogP contribution in [-0.2, 0) is 14.3 Å². The second-order valence-electron chi connectivity index (χ2n) is 5.76. The number of halogens is 3. The van der Waals surface area contributed by atoms with Gasteiger partial charge < -0.3 is 19.2 Å². The summed E-state index contributed by atoms with van der Waals surface area (Å²) in [5.41, 5.74) is 0.315. The van der Waals surface area contributed by atoms with Crippen LogP contribution in [0.4, 0.5) is 5.00 Å². The lowest BCUT2D eigenvalue weighted by Gasteiger charge is -2.09. The Labute approximate surface area is 195 Å². The number of thiophene rings is 1. The Morgan fingerprint density at radius 1 is 1.16 bits per heavy atom. The number of nitrogens with zero attached hydrogens (tertiary/aromatic N) is 1. The van der Waals surface area contributed by atoms with Gasteiger partial charge in [-0.1, -0.05) is 34.8 Å². The van der Waals surface area contributed by atoms with E-state index in [1.165, 1.54) is 6.26 Å². The molecule has 3 aromatic heterocycles. The van der Waals surface area contributed by atoms with Gasteiger partial charge in [-0.2, -0.15) is 0 Å². The summed E-state index contributed by atoms with van der Waals surface area (Å²) in [6.45, 7) is 1.15. The van der Waals surface area contributed by atoms with Crippen molar-refractivity contribution in [3.05, 3.63) is 56.3 Å². The van der Waals surface area contributed by atoms with E-state index in [0.29, 0.717) is 11.3 Å². The zero-order chi connectivity index (χ0) is 22.5. The molecule has 0 spiro atoms. The summed E-state index contributed by atoms with van der Waals surface area (Å²) < 4.78 is 15.4. The molecule has 0 unspecified atom stereocenters. The first-order chi connectivity index (χ1) is 14.8. The number of hydrogen-bond acceptors (Lipinski definition) is 8. The third-order valence-corrected chi connectivity index (χ3v) is 5.89. The molecule has 0 saturated heterocycles. The average molecular weight is 504 g/mol. The molecule has 1 N–H and O–H groups in total. The van der Waals surface area contributed by atoms with E-state index in [-0.39, 0.29) is 37.9 Å². The van der Waals surface area contributed by atoms with Gasteiger partial charge in [0.15, 0.2) is 12.3 Å². The SMILES string of the molecule is CCOC(=O)c1c(-c2ccco2)csc1NC(=O)COC(=O)c1ncc(Cl)c(Cl)c1Cl. The van der Waals surface area contributed by atoms with Crippen molar-refractivity contribution in [2.75, 3.05) is 18.5 Å². The topological polar surface area (TPSA) is 108 Å². The van der Waals surface area contributed by atoms with E-state index < -0.39 is 24.5 Å². The number of furan rings is 1. The Morgan fingerprint density at radius 3 is 2.61 bits per heavy atom. The van der Waals surface area contributed by atoms with Gasteiger partial charge in [0.25, 0.3) is 5.91 Å². The van der Waals surface area contributed by atoms with E-state index in [9.17, 15) is 14.4 Å². The van der Waals surface area contributed by atoms with Gasteiger partial charge in [-0.3, -0.25) is 4.79 Å². The van der Waals surface area contributed by atoms with E-state index in [1.54, 1.807) is 24.4 Å². The molecule has 0 aliphatic heterocycles. The van der Waals surface area contributed by atoms with Crippen molar-refractivity contribution in [2.24, 2.45) is 0 Å². The Morgan fingerprint density at radius 2 is 1.94 bits per heavy atom. The zero-order valence-corrected chi connectivity index (χ0v) is 18.8.